The Bertz CT molecular complexity index is 1850. The minimum Gasteiger partial charge on any atom is -0.377 e. The van der Waals surface area contributed by atoms with Crippen molar-refractivity contribution >= 4 is 34.2 Å². The zero-order chi connectivity index (χ0) is 33.6. The van der Waals surface area contributed by atoms with Gasteiger partial charge in [0.1, 0.15) is 18.5 Å². The van der Waals surface area contributed by atoms with Crippen molar-refractivity contribution in [2.75, 3.05) is 24.3 Å². The van der Waals surface area contributed by atoms with Crippen LogP contribution in [0.25, 0.3) is 22.2 Å². The molecular formula is C35H35F3N6O3. The SMILES string of the molecule is COCc1nc2cc(-c3cccc(NC(=O)c4ccc(NC(=O)C=CCNC5CCCCC5)c(C#N)c4)c3)c(C(F)(F)F)cc2n1C. The lowest BCUT2D eigenvalue weighted by atomic mass is 9.95. The van der Waals surface area contributed by atoms with Gasteiger partial charge in [-0.1, -0.05) is 37.5 Å². The van der Waals surface area contributed by atoms with Crippen molar-refractivity contribution in [3.63, 3.8) is 0 Å². The molecule has 3 aromatic carbocycles. The van der Waals surface area contributed by atoms with Crippen molar-refractivity contribution in [1.82, 2.24) is 14.9 Å². The first-order valence-electron chi connectivity index (χ1n) is 15.3. The molecule has 244 valence electrons. The van der Waals surface area contributed by atoms with Crippen LogP contribution in [0.5, 0.6) is 0 Å². The van der Waals surface area contributed by atoms with Crippen LogP contribution in [0.1, 0.15) is 59.4 Å². The van der Waals surface area contributed by atoms with E-state index in [0.717, 1.165) is 18.9 Å². The van der Waals surface area contributed by atoms with Crippen LogP contribution in [0, 0.1) is 11.3 Å². The van der Waals surface area contributed by atoms with Crippen molar-refractivity contribution in [2.24, 2.45) is 7.05 Å². The van der Waals surface area contributed by atoms with E-state index < -0.39 is 23.6 Å². The standard InChI is InChI=1S/C35H35F3N6O3/c1-44-31-19-28(35(36,37)38)27(18-30(31)42-32(44)21-47-2)22-8-6-11-26(17-22)41-34(46)23-13-14-29(24(16-23)20-39)43-33(45)12-7-15-40-25-9-4-3-5-10-25/h6-8,11-14,16-19,25,40H,3-5,9-10,15,21H2,1-2H3,(H,41,46)(H,43,45). The van der Waals surface area contributed by atoms with E-state index in [1.165, 1.54) is 68.8 Å². The molecule has 12 heteroatoms. The average molecular weight is 645 g/mol. The van der Waals surface area contributed by atoms with Gasteiger partial charge in [0, 0.05) is 44.1 Å². The maximum atomic E-state index is 14.2. The van der Waals surface area contributed by atoms with Gasteiger partial charge in [0.05, 0.1) is 27.8 Å². The highest BCUT2D eigenvalue weighted by molar-refractivity contribution is 6.06. The lowest BCUT2D eigenvalue weighted by Gasteiger charge is -2.21. The quantitative estimate of drug-likeness (QED) is 0.161. The number of rotatable bonds is 10. The number of nitriles is 1. The molecule has 0 unspecified atom stereocenters. The number of aromatic nitrogens is 2. The fourth-order valence-corrected chi connectivity index (χ4v) is 5.76. The Morgan fingerprint density at radius 1 is 1.09 bits per heavy atom. The van der Waals surface area contributed by atoms with E-state index in [1.807, 2.05) is 6.07 Å². The Hall–Kier alpha value is -4.99. The van der Waals surface area contributed by atoms with Gasteiger partial charge in [-0.05, 0) is 66.4 Å². The molecule has 0 radical (unpaired) electrons. The highest BCUT2D eigenvalue weighted by Gasteiger charge is 2.35. The monoisotopic (exact) mass is 644 g/mol. The van der Waals surface area contributed by atoms with Crippen LogP contribution < -0.4 is 16.0 Å². The van der Waals surface area contributed by atoms with Crippen LogP contribution in [0.3, 0.4) is 0 Å². The van der Waals surface area contributed by atoms with Gasteiger partial charge in [-0.25, -0.2) is 4.98 Å². The summed E-state index contributed by atoms with van der Waals surface area (Å²) in [5.74, 6) is -0.502. The molecule has 0 spiro atoms. The Morgan fingerprint density at radius 3 is 2.60 bits per heavy atom. The molecule has 1 aromatic heterocycles. The second-order valence-corrected chi connectivity index (χ2v) is 11.4. The number of hydrogen-bond donors (Lipinski definition) is 3. The zero-order valence-electron chi connectivity index (χ0n) is 26.1. The molecule has 1 aliphatic rings. The molecule has 5 rings (SSSR count). The Kier molecular flexibility index (Phi) is 10.4. The number of imidazole rings is 1. The first-order valence-corrected chi connectivity index (χ1v) is 15.3. The lowest BCUT2D eigenvalue weighted by Crippen LogP contribution is -2.31. The third-order valence-corrected chi connectivity index (χ3v) is 8.18. The highest BCUT2D eigenvalue weighted by atomic mass is 19.4. The van der Waals surface area contributed by atoms with E-state index in [9.17, 15) is 28.0 Å². The summed E-state index contributed by atoms with van der Waals surface area (Å²) in [7, 11) is 3.11. The summed E-state index contributed by atoms with van der Waals surface area (Å²) >= 11 is 0. The number of alkyl halides is 3. The number of benzene rings is 3. The molecule has 1 fully saturated rings. The van der Waals surface area contributed by atoms with Crippen molar-refractivity contribution in [3.8, 4) is 17.2 Å². The average Bonchev–Trinajstić information content (AvgIpc) is 3.36. The van der Waals surface area contributed by atoms with Gasteiger partial charge in [0.2, 0.25) is 5.91 Å². The number of ether oxygens (including phenoxy) is 1. The Labute approximate surface area is 270 Å². The first-order chi connectivity index (χ1) is 22.6. The van der Waals surface area contributed by atoms with Gasteiger partial charge in [-0.2, -0.15) is 18.4 Å². The van der Waals surface area contributed by atoms with Crippen LogP contribution >= 0.6 is 0 Å². The molecule has 4 aromatic rings. The lowest BCUT2D eigenvalue weighted by molar-refractivity contribution is -0.137. The maximum absolute atomic E-state index is 14.2. The molecule has 0 saturated heterocycles. The largest absolute Gasteiger partial charge is 0.417 e. The number of hydrogen-bond acceptors (Lipinski definition) is 6. The topological polar surface area (TPSA) is 121 Å². The van der Waals surface area contributed by atoms with Crippen LogP contribution in [-0.2, 0) is 29.4 Å². The van der Waals surface area contributed by atoms with Crippen LogP contribution in [0.4, 0.5) is 24.5 Å². The van der Waals surface area contributed by atoms with Crippen molar-refractivity contribution in [1.29, 1.82) is 5.26 Å². The van der Waals surface area contributed by atoms with Crippen LogP contribution in [0.2, 0.25) is 0 Å². The van der Waals surface area contributed by atoms with E-state index in [0.29, 0.717) is 29.4 Å². The van der Waals surface area contributed by atoms with Gasteiger partial charge in [-0.15, -0.1) is 0 Å². The molecule has 9 nitrogen and oxygen atoms in total. The molecule has 1 aliphatic carbocycles. The third-order valence-electron chi connectivity index (χ3n) is 8.18. The number of methoxy groups -OCH3 is 1. The van der Waals surface area contributed by atoms with E-state index in [4.69, 9.17) is 4.74 Å². The van der Waals surface area contributed by atoms with Gasteiger partial charge in [-0.3, -0.25) is 9.59 Å². The smallest absolute Gasteiger partial charge is 0.377 e. The summed E-state index contributed by atoms with van der Waals surface area (Å²) in [5.41, 5.74) is 0.708. The number of anilines is 2. The highest BCUT2D eigenvalue weighted by Crippen LogP contribution is 2.40. The molecule has 1 heterocycles. The Morgan fingerprint density at radius 2 is 1.87 bits per heavy atom. The summed E-state index contributed by atoms with van der Waals surface area (Å²) in [6.07, 6.45) is 4.43. The number of halogens is 3. The molecule has 2 amide bonds. The van der Waals surface area contributed by atoms with Crippen molar-refractivity contribution in [2.45, 2.75) is 50.9 Å². The summed E-state index contributed by atoms with van der Waals surface area (Å²) in [6.45, 7) is 0.702. The predicted molar refractivity (Wildman–Crippen MR) is 174 cm³/mol. The second-order valence-electron chi connectivity index (χ2n) is 11.4. The molecule has 47 heavy (non-hydrogen) atoms. The number of fused-ring (bicyclic) bond motifs is 1. The molecule has 0 atom stereocenters. The summed E-state index contributed by atoms with van der Waals surface area (Å²) < 4.78 is 49.4. The maximum Gasteiger partial charge on any atom is 0.417 e. The number of nitrogens with zero attached hydrogens (tertiary/aromatic N) is 3. The van der Waals surface area contributed by atoms with Crippen LogP contribution in [0.15, 0.2) is 66.7 Å². The summed E-state index contributed by atoms with van der Waals surface area (Å²) in [4.78, 5) is 30.0. The van der Waals surface area contributed by atoms with Gasteiger partial charge in [0.15, 0.2) is 0 Å². The normalized spacial score (nSPS) is 14.0. The fourth-order valence-electron chi connectivity index (χ4n) is 5.76. The summed E-state index contributed by atoms with van der Waals surface area (Å²) in [6, 6.07) is 15.2. The minimum absolute atomic E-state index is 0.0832. The Balaban J connectivity index is 1.30. The fraction of sp³-hybridized carbons (Fsp3) is 0.314. The van der Waals surface area contributed by atoms with E-state index in [2.05, 4.69) is 20.9 Å². The number of carbonyl (C=O) groups is 2. The number of aryl methyl sites for hydroxylation is 1. The van der Waals surface area contributed by atoms with Crippen molar-refractivity contribution in [3.05, 3.63) is 89.3 Å². The minimum atomic E-state index is -4.65. The molecule has 0 bridgehead atoms. The van der Waals surface area contributed by atoms with Gasteiger partial charge < -0.3 is 25.3 Å². The third kappa shape index (κ3) is 8.06. The van der Waals surface area contributed by atoms with Gasteiger partial charge in [0.25, 0.3) is 5.91 Å². The zero-order valence-corrected chi connectivity index (χ0v) is 26.1. The molecule has 3 N–H and O–H groups in total. The number of amides is 2. The van der Waals surface area contributed by atoms with Crippen molar-refractivity contribution < 1.29 is 27.5 Å². The van der Waals surface area contributed by atoms with Crippen LogP contribution in [-0.4, -0.2) is 41.1 Å². The predicted octanol–water partition coefficient (Wildman–Crippen LogP) is 6.95. The number of carbonyl (C=O) groups excluding carboxylic acids is 2. The molecule has 1 saturated carbocycles. The molecule has 0 aliphatic heterocycles. The summed E-state index contributed by atoms with van der Waals surface area (Å²) in [5, 5.41) is 18.5. The second kappa shape index (κ2) is 14.6. The van der Waals surface area contributed by atoms with Gasteiger partial charge >= 0.3 is 6.18 Å². The van der Waals surface area contributed by atoms with E-state index in [-0.39, 0.29) is 40.2 Å². The number of nitrogens with one attached hydrogen (secondary N) is 3. The molecular weight excluding hydrogens is 609 g/mol. The first kappa shape index (κ1) is 33.4. The van der Waals surface area contributed by atoms with E-state index in [1.54, 1.807) is 29.8 Å². The van der Waals surface area contributed by atoms with E-state index >= 15 is 0 Å².